The highest BCUT2D eigenvalue weighted by molar-refractivity contribution is 4.96. The number of alkyl halides is 2. The van der Waals surface area contributed by atoms with Gasteiger partial charge in [-0.2, -0.15) is 0 Å². The van der Waals surface area contributed by atoms with E-state index < -0.39 is 12.3 Å². The molecular formula is C7H11F3. The van der Waals surface area contributed by atoms with Gasteiger partial charge in [-0.3, -0.25) is 0 Å². The van der Waals surface area contributed by atoms with Crippen molar-refractivity contribution < 1.29 is 13.2 Å². The zero-order valence-corrected chi connectivity index (χ0v) is 6.07. The first-order valence-corrected chi connectivity index (χ1v) is 3.23. The Bertz CT molecular complexity index is 118. The van der Waals surface area contributed by atoms with Gasteiger partial charge in [-0.1, -0.05) is 13.8 Å². The van der Waals surface area contributed by atoms with Gasteiger partial charge in [0.1, 0.15) is 0 Å². The Balaban J connectivity index is 3.89. The van der Waals surface area contributed by atoms with Crippen molar-refractivity contribution in [2.24, 2.45) is 5.92 Å². The Morgan fingerprint density at radius 1 is 1.50 bits per heavy atom. The minimum absolute atomic E-state index is 0.103. The summed E-state index contributed by atoms with van der Waals surface area (Å²) in [6.45, 7) is 3.52. The van der Waals surface area contributed by atoms with Gasteiger partial charge < -0.3 is 0 Å². The second kappa shape index (κ2) is 4.36. The Morgan fingerprint density at radius 3 is 2.30 bits per heavy atom. The number of hydrogen-bond donors (Lipinski definition) is 0. The summed E-state index contributed by atoms with van der Waals surface area (Å²) in [5, 5.41) is 0. The molecule has 0 heterocycles. The largest absolute Gasteiger partial charge is 0.289 e. The first-order valence-electron chi connectivity index (χ1n) is 3.23. The molecule has 0 aliphatic heterocycles. The summed E-state index contributed by atoms with van der Waals surface area (Å²) >= 11 is 0. The van der Waals surface area contributed by atoms with Crippen LogP contribution in [0.25, 0.3) is 0 Å². The lowest BCUT2D eigenvalue weighted by molar-refractivity contribution is 0.157. The van der Waals surface area contributed by atoms with E-state index in [2.05, 4.69) is 0 Å². The van der Waals surface area contributed by atoms with Crippen LogP contribution >= 0.6 is 0 Å². The SMILES string of the molecule is CCC(C)/C=C(\F)C(F)F. The van der Waals surface area contributed by atoms with E-state index in [4.69, 9.17) is 0 Å². The van der Waals surface area contributed by atoms with Crippen molar-refractivity contribution in [3.63, 3.8) is 0 Å². The number of rotatable bonds is 3. The second-order valence-electron chi connectivity index (χ2n) is 2.24. The number of allylic oxidation sites excluding steroid dienone is 2. The van der Waals surface area contributed by atoms with Gasteiger partial charge in [0.2, 0.25) is 0 Å². The van der Waals surface area contributed by atoms with Crippen LogP contribution in [-0.4, -0.2) is 6.43 Å². The molecule has 0 bridgehead atoms. The van der Waals surface area contributed by atoms with Gasteiger partial charge in [-0.15, -0.1) is 0 Å². The second-order valence-corrected chi connectivity index (χ2v) is 2.24. The summed E-state index contributed by atoms with van der Waals surface area (Å²) in [4.78, 5) is 0. The van der Waals surface area contributed by atoms with Crippen LogP contribution in [0, 0.1) is 5.92 Å². The summed E-state index contributed by atoms with van der Waals surface area (Å²) in [6, 6.07) is 0. The summed E-state index contributed by atoms with van der Waals surface area (Å²) in [5.74, 6) is -1.41. The molecule has 10 heavy (non-hydrogen) atoms. The molecule has 0 aromatic rings. The smallest absolute Gasteiger partial charge is 0.206 e. The molecule has 0 fully saturated rings. The van der Waals surface area contributed by atoms with Gasteiger partial charge in [-0.05, 0) is 18.4 Å². The van der Waals surface area contributed by atoms with Crippen LogP contribution in [0.1, 0.15) is 20.3 Å². The molecule has 0 aromatic heterocycles. The fraction of sp³-hybridized carbons (Fsp3) is 0.714. The molecule has 1 unspecified atom stereocenters. The molecule has 60 valence electrons. The fourth-order valence-electron chi connectivity index (χ4n) is 0.462. The number of hydrogen-bond acceptors (Lipinski definition) is 0. The Labute approximate surface area is 58.7 Å². The van der Waals surface area contributed by atoms with Gasteiger partial charge in [-0.25, -0.2) is 13.2 Å². The number of halogens is 3. The molecule has 0 nitrogen and oxygen atoms in total. The molecule has 0 N–H and O–H groups in total. The molecule has 0 rings (SSSR count). The van der Waals surface area contributed by atoms with Crippen LogP contribution in [0.4, 0.5) is 13.2 Å². The lowest BCUT2D eigenvalue weighted by atomic mass is 10.1. The maximum Gasteiger partial charge on any atom is 0.289 e. The Hall–Kier alpha value is -0.470. The van der Waals surface area contributed by atoms with Crippen LogP contribution in [0.3, 0.4) is 0 Å². The van der Waals surface area contributed by atoms with Crippen molar-refractivity contribution in [2.45, 2.75) is 26.7 Å². The molecule has 0 saturated heterocycles. The third kappa shape index (κ3) is 3.54. The predicted octanol–water partition coefficient (Wildman–Crippen LogP) is 3.15. The average Bonchev–Trinajstić information content (AvgIpc) is 1.87. The van der Waals surface area contributed by atoms with Gasteiger partial charge >= 0.3 is 0 Å². The minimum atomic E-state index is -2.95. The highest BCUT2D eigenvalue weighted by atomic mass is 19.3. The molecule has 3 heteroatoms. The van der Waals surface area contributed by atoms with Crippen LogP contribution in [-0.2, 0) is 0 Å². The molecule has 1 atom stereocenters. The summed E-state index contributed by atoms with van der Waals surface area (Å²) in [7, 11) is 0. The molecule has 0 aliphatic rings. The van der Waals surface area contributed by atoms with E-state index in [1.807, 2.05) is 6.92 Å². The topological polar surface area (TPSA) is 0 Å². The molecule has 0 aromatic carbocycles. The van der Waals surface area contributed by atoms with E-state index in [9.17, 15) is 13.2 Å². The zero-order valence-electron chi connectivity index (χ0n) is 6.07. The van der Waals surface area contributed by atoms with Gasteiger partial charge in [0.05, 0.1) is 0 Å². The molecule has 0 radical (unpaired) electrons. The van der Waals surface area contributed by atoms with Gasteiger partial charge in [0.25, 0.3) is 6.43 Å². The van der Waals surface area contributed by atoms with E-state index in [1.54, 1.807) is 6.92 Å². The highest BCUT2D eigenvalue weighted by Gasteiger charge is 2.10. The fourth-order valence-corrected chi connectivity index (χ4v) is 0.462. The quantitative estimate of drug-likeness (QED) is 0.582. The molecular weight excluding hydrogens is 141 g/mol. The highest BCUT2D eigenvalue weighted by Crippen LogP contribution is 2.14. The van der Waals surface area contributed by atoms with Crippen molar-refractivity contribution in [2.75, 3.05) is 0 Å². The van der Waals surface area contributed by atoms with Crippen LogP contribution < -0.4 is 0 Å². The van der Waals surface area contributed by atoms with Gasteiger partial charge in [0, 0.05) is 0 Å². The molecule has 0 saturated carbocycles. The van der Waals surface area contributed by atoms with Crippen LogP contribution in [0.5, 0.6) is 0 Å². The summed E-state index contributed by atoms with van der Waals surface area (Å²) in [6.07, 6.45) is -1.31. The van der Waals surface area contributed by atoms with E-state index in [-0.39, 0.29) is 5.92 Å². The van der Waals surface area contributed by atoms with Gasteiger partial charge in [0.15, 0.2) is 5.83 Å². The van der Waals surface area contributed by atoms with E-state index in [0.717, 1.165) is 6.08 Å². The maximum absolute atomic E-state index is 12.1. The normalized spacial score (nSPS) is 16.0. The van der Waals surface area contributed by atoms with E-state index in [0.29, 0.717) is 6.42 Å². The van der Waals surface area contributed by atoms with E-state index >= 15 is 0 Å². The third-order valence-corrected chi connectivity index (χ3v) is 1.30. The average molecular weight is 152 g/mol. The predicted molar refractivity (Wildman–Crippen MR) is 34.6 cm³/mol. The Kier molecular flexibility index (Phi) is 4.16. The van der Waals surface area contributed by atoms with Crippen LogP contribution in [0.15, 0.2) is 11.9 Å². The monoisotopic (exact) mass is 152 g/mol. The standard InChI is InChI=1S/C7H11F3/c1-3-5(2)4-6(8)7(9)10/h4-5,7H,3H2,1-2H3/b6-4-. The maximum atomic E-state index is 12.1. The minimum Gasteiger partial charge on any atom is -0.206 e. The molecule has 0 spiro atoms. The molecule has 0 aliphatic carbocycles. The van der Waals surface area contributed by atoms with E-state index in [1.165, 1.54) is 0 Å². The first-order chi connectivity index (χ1) is 4.57. The zero-order chi connectivity index (χ0) is 8.15. The lowest BCUT2D eigenvalue weighted by Gasteiger charge is -2.00. The lowest BCUT2D eigenvalue weighted by Crippen LogP contribution is -1.94. The molecule has 0 amide bonds. The van der Waals surface area contributed by atoms with Crippen molar-refractivity contribution in [3.05, 3.63) is 11.9 Å². The van der Waals surface area contributed by atoms with Crippen molar-refractivity contribution >= 4 is 0 Å². The third-order valence-electron chi connectivity index (χ3n) is 1.30. The summed E-state index contributed by atoms with van der Waals surface area (Å²) in [5.41, 5.74) is 0. The first kappa shape index (κ1) is 9.53. The van der Waals surface area contributed by atoms with Crippen molar-refractivity contribution in [3.8, 4) is 0 Å². The van der Waals surface area contributed by atoms with Crippen molar-refractivity contribution in [1.82, 2.24) is 0 Å². The Morgan fingerprint density at radius 2 is 2.00 bits per heavy atom. The van der Waals surface area contributed by atoms with Crippen LogP contribution in [0.2, 0.25) is 0 Å². The summed E-state index contributed by atoms with van der Waals surface area (Å²) < 4.78 is 35.0. The van der Waals surface area contributed by atoms with Crippen molar-refractivity contribution in [1.29, 1.82) is 0 Å².